The molecule has 134 valence electrons. The number of halogens is 1. The second-order valence-corrected chi connectivity index (χ2v) is 6.60. The van der Waals surface area contributed by atoms with E-state index in [1.165, 1.54) is 4.80 Å². The Bertz CT molecular complexity index is 1180. The summed E-state index contributed by atoms with van der Waals surface area (Å²) in [5, 5.41) is 28.9. The predicted molar refractivity (Wildman–Crippen MR) is 103 cm³/mol. The molecule has 3 aromatic carbocycles. The summed E-state index contributed by atoms with van der Waals surface area (Å²) >= 11 is 6.00. The summed E-state index contributed by atoms with van der Waals surface area (Å²) in [6, 6.07) is 15.3. The molecular weight excluding hydrogens is 366 g/mol. The van der Waals surface area contributed by atoms with Gasteiger partial charge in [-0.2, -0.15) is 0 Å². The minimum Gasteiger partial charge on any atom is -0.505 e. The number of hydrogen-bond donors (Lipinski definition) is 2. The first-order valence-electron chi connectivity index (χ1n) is 8.13. The van der Waals surface area contributed by atoms with Crippen molar-refractivity contribution in [2.75, 3.05) is 0 Å². The number of aryl methyl sites for hydroxylation is 1. The molecule has 0 fully saturated rings. The molecule has 4 rings (SSSR count). The van der Waals surface area contributed by atoms with Gasteiger partial charge in [-0.3, -0.25) is 0 Å². The first-order valence-corrected chi connectivity index (χ1v) is 8.50. The molecule has 0 saturated carbocycles. The SMILES string of the molecule is Cc1cc(-c2ccc(C(=O)O)cc2)cc(-n2nc3ccc(Cl)cc3n2)c1O. The van der Waals surface area contributed by atoms with Gasteiger partial charge in [0.25, 0.3) is 0 Å². The topological polar surface area (TPSA) is 88.2 Å². The number of hydrogen-bond acceptors (Lipinski definition) is 4. The Morgan fingerprint density at radius 1 is 0.963 bits per heavy atom. The number of fused-ring (bicyclic) bond motifs is 1. The normalized spacial score (nSPS) is 11.0. The van der Waals surface area contributed by atoms with E-state index in [2.05, 4.69) is 10.2 Å². The fourth-order valence-electron chi connectivity index (χ4n) is 2.88. The highest BCUT2D eigenvalue weighted by Gasteiger charge is 2.14. The standard InChI is InChI=1S/C20H14ClN3O3/c1-11-8-14(12-2-4-13(5-3-12)20(26)27)9-18(19(11)25)24-22-16-7-6-15(21)10-17(16)23-24/h2-10,25H,1H3,(H,26,27). The van der Waals surface area contributed by atoms with Crippen molar-refractivity contribution in [1.82, 2.24) is 15.0 Å². The number of rotatable bonds is 3. The molecule has 0 aliphatic rings. The van der Waals surface area contributed by atoms with E-state index >= 15 is 0 Å². The summed E-state index contributed by atoms with van der Waals surface area (Å²) in [7, 11) is 0. The lowest BCUT2D eigenvalue weighted by atomic mass is 10.0. The maximum Gasteiger partial charge on any atom is 0.335 e. The molecule has 1 heterocycles. The van der Waals surface area contributed by atoms with Crippen LogP contribution in [0.1, 0.15) is 15.9 Å². The van der Waals surface area contributed by atoms with Gasteiger partial charge in [-0.15, -0.1) is 15.0 Å². The maximum atomic E-state index is 11.0. The molecule has 0 spiro atoms. The summed E-state index contributed by atoms with van der Waals surface area (Å²) < 4.78 is 0. The number of carboxylic acids is 1. The van der Waals surface area contributed by atoms with E-state index in [4.69, 9.17) is 16.7 Å². The molecule has 0 radical (unpaired) electrons. The molecule has 0 bridgehead atoms. The molecule has 4 aromatic rings. The molecule has 0 aliphatic heterocycles. The lowest BCUT2D eigenvalue weighted by Crippen LogP contribution is -2.01. The zero-order valence-electron chi connectivity index (χ0n) is 14.2. The lowest BCUT2D eigenvalue weighted by molar-refractivity contribution is 0.0697. The van der Waals surface area contributed by atoms with Crippen molar-refractivity contribution in [2.45, 2.75) is 6.92 Å². The van der Waals surface area contributed by atoms with Crippen molar-refractivity contribution in [2.24, 2.45) is 0 Å². The van der Waals surface area contributed by atoms with Crippen molar-refractivity contribution in [3.63, 3.8) is 0 Å². The van der Waals surface area contributed by atoms with Crippen LogP contribution in [-0.4, -0.2) is 31.2 Å². The highest BCUT2D eigenvalue weighted by Crippen LogP contribution is 2.32. The second kappa shape index (κ2) is 6.41. The largest absolute Gasteiger partial charge is 0.505 e. The number of phenols is 1. The highest BCUT2D eigenvalue weighted by molar-refractivity contribution is 6.31. The second-order valence-electron chi connectivity index (χ2n) is 6.17. The number of phenolic OH excluding ortho intramolecular Hbond substituents is 1. The van der Waals surface area contributed by atoms with Crippen LogP contribution in [0, 0.1) is 6.92 Å². The first kappa shape index (κ1) is 17.1. The Morgan fingerprint density at radius 2 is 1.67 bits per heavy atom. The van der Waals surface area contributed by atoms with Gasteiger partial charge in [0.15, 0.2) is 0 Å². The summed E-state index contributed by atoms with van der Waals surface area (Å²) in [5.41, 5.74) is 4.22. The van der Waals surface area contributed by atoms with Crippen molar-refractivity contribution < 1.29 is 15.0 Å². The summed E-state index contributed by atoms with van der Waals surface area (Å²) in [6.07, 6.45) is 0. The Balaban J connectivity index is 1.84. The predicted octanol–water partition coefficient (Wildman–Crippen LogP) is 4.45. The van der Waals surface area contributed by atoms with Gasteiger partial charge in [0, 0.05) is 5.02 Å². The number of aromatic nitrogens is 3. The average Bonchev–Trinajstić information content (AvgIpc) is 3.06. The van der Waals surface area contributed by atoms with E-state index in [1.807, 2.05) is 6.07 Å². The number of aromatic carboxylic acids is 1. The van der Waals surface area contributed by atoms with Crippen molar-refractivity contribution in [3.8, 4) is 22.6 Å². The van der Waals surface area contributed by atoms with E-state index in [0.717, 1.165) is 11.1 Å². The molecule has 6 nitrogen and oxygen atoms in total. The van der Waals surface area contributed by atoms with Crippen molar-refractivity contribution in [3.05, 3.63) is 70.7 Å². The maximum absolute atomic E-state index is 11.0. The monoisotopic (exact) mass is 379 g/mol. The van der Waals surface area contributed by atoms with Crippen LogP contribution < -0.4 is 0 Å². The van der Waals surface area contributed by atoms with Gasteiger partial charge in [-0.25, -0.2) is 4.79 Å². The van der Waals surface area contributed by atoms with Gasteiger partial charge in [-0.1, -0.05) is 23.7 Å². The third-order valence-electron chi connectivity index (χ3n) is 4.30. The minimum atomic E-state index is -0.977. The quantitative estimate of drug-likeness (QED) is 0.549. The van der Waals surface area contributed by atoms with Gasteiger partial charge >= 0.3 is 5.97 Å². The van der Waals surface area contributed by atoms with E-state index in [0.29, 0.717) is 27.3 Å². The van der Waals surface area contributed by atoms with Crippen LogP contribution in [0.2, 0.25) is 5.02 Å². The lowest BCUT2D eigenvalue weighted by Gasteiger charge is -2.10. The third-order valence-corrected chi connectivity index (χ3v) is 4.54. The average molecular weight is 380 g/mol. The Kier molecular flexibility index (Phi) is 4.05. The fraction of sp³-hybridized carbons (Fsp3) is 0.0500. The smallest absolute Gasteiger partial charge is 0.335 e. The van der Waals surface area contributed by atoms with Crippen LogP contribution in [-0.2, 0) is 0 Å². The summed E-state index contributed by atoms with van der Waals surface area (Å²) in [5.74, 6) is -0.900. The van der Waals surface area contributed by atoms with Crippen LogP contribution in [0.25, 0.3) is 27.8 Å². The molecule has 2 N–H and O–H groups in total. The Labute approximate surface area is 159 Å². The molecule has 0 unspecified atom stereocenters. The summed E-state index contributed by atoms with van der Waals surface area (Å²) in [4.78, 5) is 12.4. The van der Waals surface area contributed by atoms with Gasteiger partial charge in [-0.05, 0) is 66.1 Å². The van der Waals surface area contributed by atoms with Crippen LogP contribution in [0.3, 0.4) is 0 Å². The first-order chi connectivity index (χ1) is 12.9. The number of aromatic hydroxyl groups is 1. The molecule has 0 atom stereocenters. The Hall–Kier alpha value is -3.38. The molecule has 27 heavy (non-hydrogen) atoms. The number of benzene rings is 3. The molecular formula is C20H14ClN3O3. The van der Waals surface area contributed by atoms with Gasteiger partial charge < -0.3 is 10.2 Å². The number of carboxylic acid groups (broad SMARTS) is 1. The molecule has 0 saturated heterocycles. The van der Waals surface area contributed by atoms with E-state index in [1.54, 1.807) is 55.5 Å². The zero-order chi connectivity index (χ0) is 19.1. The van der Waals surface area contributed by atoms with Crippen LogP contribution in [0.4, 0.5) is 0 Å². The number of carbonyl (C=O) groups is 1. The highest BCUT2D eigenvalue weighted by atomic mass is 35.5. The van der Waals surface area contributed by atoms with Crippen LogP contribution in [0.15, 0.2) is 54.6 Å². The molecule has 7 heteroatoms. The van der Waals surface area contributed by atoms with E-state index in [-0.39, 0.29) is 11.3 Å². The van der Waals surface area contributed by atoms with Crippen LogP contribution in [0.5, 0.6) is 5.75 Å². The van der Waals surface area contributed by atoms with E-state index in [9.17, 15) is 9.90 Å². The number of nitrogens with zero attached hydrogens (tertiary/aromatic N) is 3. The summed E-state index contributed by atoms with van der Waals surface area (Å²) in [6.45, 7) is 1.79. The van der Waals surface area contributed by atoms with Crippen LogP contribution >= 0.6 is 11.6 Å². The van der Waals surface area contributed by atoms with Gasteiger partial charge in [0.1, 0.15) is 22.5 Å². The van der Waals surface area contributed by atoms with Crippen molar-refractivity contribution >= 4 is 28.6 Å². The fourth-order valence-corrected chi connectivity index (χ4v) is 3.05. The molecule has 0 amide bonds. The van der Waals surface area contributed by atoms with Gasteiger partial charge in [0.2, 0.25) is 0 Å². The molecule has 1 aromatic heterocycles. The molecule has 0 aliphatic carbocycles. The Morgan fingerprint density at radius 3 is 2.37 bits per heavy atom. The third kappa shape index (κ3) is 3.11. The zero-order valence-corrected chi connectivity index (χ0v) is 15.0. The minimum absolute atomic E-state index is 0.0762. The van der Waals surface area contributed by atoms with Gasteiger partial charge in [0.05, 0.1) is 5.56 Å². The van der Waals surface area contributed by atoms with Crippen molar-refractivity contribution in [1.29, 1.82) is 0 Å². The van der Waals surface area contributed by atoms with E-state index < -0.39 is 5.97 Å².